The Hall–Kier alpha value is -1.40. The van der Waals surface area contributed by atoms with Crippen LogP contribution in [-0.4, -0.2) is 38.0 Å². The number of nitrogens with one attached hydrogen (secondary N) is 1. The van der Waals surface area contributed by atoms with Crippen molar-refractivity contribution in [3.8, 4) is 0 Å². The van der Waals surface area contributed by atoms with Crippen molar-refractivity contribution in [3.63, 3.8) is 0 Å². The van der Waals surface area contributed by atoms with Crippen LogP contribution in [-0.2, 0) is 14.8 Å². The van der Waals surface area contributed by atoms with Crippen molar-refractivity contribution in [1.82, 2.24) is 9.62 Å². The summed E-state index contributed by atoms with van der Waals surface area (Å²) in [5.74, 6) is 0.207. The average molecular weight is 324 g/mol. The first-order valence-electron chi connectivity index (χ1n) is 7.64. The van der Waals surface area contributed by atoms with Gasteiger partial charge in [0.05, 0.1) is 18.3 Å². The molecule has 1 atom stereocenters. The first-order chi connectivity index (χ1) is 10.3. The molecule has 1 N–H and O–H groups in total. The van der Waals surface area contributed by atoms with Crippen LogP contribution in [0.1, 0.15) is 36.9 Å². The fourth-order valence-corrected chi connectivity index (χ4v) is 3.31. The monoisotopic (exact) mass is 324 g/mol. The summed E-state index contributed by atoms with van der Waals surface area (Å²) in [6, 6.07) is 7.99. The fraction of sp³-hybridized carbons (Fsp3) is 0.562. The van der Waals surface area contributed by atoms with Gasteiger partial charge in [0.25, 0.3) is 0 Å². The standard InChI is InChI=1S/C16H24N2O3S/c1-4-22(20,21)18(3)11-15(19)17-16(13-9-10-13)14-8-6-5-7-12(14)2/h5-8,13,16H,4,9-11H2,1-3H3,(H,17,19)/t16-/m1/s1. The van der Waals surface area contributed by atoms with Crippen LogP contribution in [0.25, 0.3) is 0 Å². The molecule has 22 heavy (non-hydrogen) atoms. The van der Waals surface area contributed by atoms with Gasteiger partial charge in [0.1, 0.15) is 0 Å². The predicted octanol–water partition coefficient (Wildman–Crippen LogP) is 1.84. The normalized spacial score (nSPS) is 16.5. The lowest BCUT2D eigenvalue weighted by atomic mass is 9.97. The summed E-state index contributed by atoms with van der Waals surface area (Å²) < 4.78 is 24.6. The molecule has 0 saturated heterocycles. The Labute approximate surface area is 132 Å². The number of nitrogens with zero attached hydrogens (tertiary/aromatic N) is 1. The van der Waals surface area contributed by atoms with Crippen molar-refractivity contribution in [2.24, 2.45) is 5.92 Å². The Kier molecular flexibility index (Phi) is 5.24. The van der Waals surface area contributed by atoms with Crippen molar-refractivity contribution >= 4 is 15.9 Å². The molecule has 1 aliphatic rings. The minimum absolute atomic E-state index is 0.000622. The van der Waals surface area contributed by atoms with E-state index in [1.165, 1.54) is 7.05 Å². The minimum Gasteiger partial charge on any atom is -0.348 e. The van der Waals surface area contributed by atoms with Crippen LogP contribution in [0.2, 0.25) is 0 Å². The molecule has 0 spiro atoms. The second kappa shape index (κ2) is 6.79. The molecule has 1 fully saturated rings. The molecular weight excluding hydrogens is 300 g/mol. The average Bonchev–Trinajstić information content (AvgIpc) is 3.30. The number of hydrogen-bond acceptors (Lipinski definition) is 3. The maximum atomic E-state index is 12.2. The van der Waals surface area contributed by atoms with Gasteiger partial charge in [0.15, 0.2) is 0 Å². The predicted molar refractivity (Wildman–Crippen MR) is 86.9 cm³/mol. The van der Waals surface area contributed by atoms with Crippen molar-refractivity contribution in [2.45, 2.75) is 32.7 Å². The van der Waals surface area contributed by atoms with E-state index < -0.39 is 10.0 Å². The highest BCUT2D eigenvalue weighted by molar-refractivity contribution is 7.89. The van der Waals surface area contributed by atoms with Crippen LogP contribution in [0, 0.1) is 12.8 Å². The lowest BCUT2D eigenvalue weighted by Crippen LogP contribution is -2.40. The highest BCUT2D eigenvalue weighted by atomic mass is 32.2. The number of carbonyl (C=O) groups excluding carboxylic acids is 1. The number of aryl methyl sites for hydroxylation is 1. The largest absolute Gasteiger partial charge is 0.348 e. The van der Waals surface area contributed by atoms with Crippen LogP contribution in [0.4, 0.5) is 0 Å². The minimum atomic E-state index is -3.33. The first kappa shape index (κ1) is 17.0. The van der Waals surface area contributed by atoms with Gasteiger partial charge >= 0.3 is 0 Å². The molecular formula is C16H24N2O3S. The van der Waals surface area contributed by atoms with Crippen molar-refractivity contribution in [2.75, 3.05) is 19.3 Å². The van der Waals surface area contributed by atoms with Gasteiger partial charge in [0.2, 0.25) is 15.9 Å². The maximum absolute atomic E-state index is 12.2. The molecule has 0 aromatic heterocycles. The highest BCUT2D eigenvalue weighted by Gasteiger charge is 2.34. The van der Waals surface area contributed by atoms with E-state index in [1.807, 2.05) is 31.2 Å². The first-order valence-corrected chi connectivity index (χ1v) is 9.25. The third kappa shape index (κ3) is 4.08. The third-order valence-corrected chi connectivity index (χ3v) is 5.95. The molecule has 5 nitrogen and oxygen atoms in total. The summed E-state index contributed by atoms with van der Waals surface area (Å²) in [6.07, 6.45) is 2.20. The Morgan fingerprint density at radius 1 is 1.36 bits per heavy atom. The number of carbonyl (C=O) groups is 1. The Morgan fingerprint density at radius 3 is 2.55 bits per heavy atom. The molecule has 0 heterocycles. The van der Waals surface area contributed by atoms with Crippen LogP contribution >= 0.6 is 0 Å². The van der Waals surface area contributed by atoms with Gasteiger partial charge in [0, 0.05) is 7.05 Å². The number of benzene rings is 1. The van der Waals surface area contributed by atoms with Gasteiger partial charge in [-0.05, 0) is 43.7 Å². The summed E-state index contributed by atoms with van der Waals surface area (Å²) in [5, 5.41) is 3.02. The van der Waals surface area contributed by atoms with E-state index in [2.05, 4.69) is 5.32 Å². The molecule has 1 saturated carbocycles. The molecule has 0 bridgehead atoms. The van der Waals surface area contributed by atoms with Gasteiger partial charge < -0.3 is 5.32 Å². The van der Waals surface area contributed by atoms with Crippen LogP contribution in [0.15, 0.2) is 24.3 Å². The zero-order valence-corrected chi connectivity index (χ0v) is 14.2. The van der Waals surface area contributed by atoms with Crippen LogP contribution in [0.5, 0.6) is 0 Å². The molecule has 0 radical (unpaired) electrons. The topological polar surface area (TPSA) is 66.5 Å². The van der Waals surface area contributed by atoms with Gasteiger partial charge in [-0.2, -0.15) is 4.31 Å². The van der Waals surface area contributed by atoms with Crippen LogP contribution < -0.4 is 5.32 Å². The second-order valence-electron chi connectivity index (χ2n) is 5.90. The summed E-state index contributed by atoms with van der Waals surface area (Å²) in [4.78, 5) is 12.2. The Balaban J connectivity index is 2.06. The summed E-state index contributed by atoms with van der Waals surface area (Å²) in [5.41, 5.74) is 2.27. The van der Waals surface area contributed by atoms with Crippen molar-refractivity contribution in [3.05, 3.63) is 35.4 Å². The van der Waals surface area contributed by atoms with E-state index in [1.54, 1.807) is 6.92 Å². The highest BCUT2D eigenvalue weighted by Crippen LogP contribution is 2.41. The van der Waals surface area contributed by atoms with E-state index >= 15 is 0 Å². The van der Waals surface area contributed by atoms with Gasteiger partial charge in [-0.15, -0.1) is 0 Å². The van der Waals surface area contributed by atoms with E-state index in [9.17, 15) is 13.2 Å². The molecule has 1 amide bonds. The molecule has 1 aromatic rings. The maximum Gasteiger partial charge on any atom is 0.235 e. The lowest BCUT2D eigenvalue weighted by molar-refractivity contribution is -0.122. The number of sulfonamides is 1. The van der Waals surface area contributed by atoms with E-state index in [0.29, 0.717) is 5.92 Å². The van der Waals surface area contributed by atoms with Gasteiger partial charge in [-0.25, -0.2) is 8.42 Å². The number of likely N-dealkylation sites (N-methyl/N-ethyl adjacent to an activating group) is 1. The van der Waals surface area contributed by atoms with Gasteiger partial charge in [-0.1, -0.05) is 24.3 Å². The number of hydrogen-bond donors (Lipinski definition) is 1. The molecule has 2 rings (SSSR count). The molecule has 122 valence electrons. The molecule has 1 aromatic carbocycles. The van der Waals surface area contributed by atoms with E-state index in [4.69, 9.17) is 0 Å². The van der Waals surface area contributed by atoms with Crippen molar-refractivity contribution < 1.29 is 13.2 Å². The second-order valence-corrected chi connectivity index (χ2v) is 8.26. The van der Waals surface area contributed by atoms with E-state index in [-0.39, 0.29) is 24.2 Å². The Bertz CT molecular complexity index is 639. The molecule has 0 aliphatic heterocycles. The smallest absolute Gasteiger partial charge is 0.235 e. The van der Waals surface area contributed by atoms with Crippen molar-refractivity contribution in [1.29, 1.82) is 0 Å². The number of amides is 1. The van der Waals surface area contributed by atoms with E-state index in [0.717, 1.165) is 28.3 Å². The molecule has 6 heteroatoms. The van der Waals surface area contributed by atoms with Crippen LogP contribution in [0.3, 0.4) is 0 Å². The Morgan fingerprint density at radius 2 is 2.00 bits per heavy atom. The third-order valence-electron chi connectivity index (χ3n) is 4.14. The quantitative estimate of drug-likeness (QED) is 0.832. The zero-order valence-electron chi connectivity index (χ0n) is 13.4. The lowest BCUT2D eigenvalue weighted by Gasteiger charge is -2.22. The summed E-state index contributed by atoms with van der Waals surface area (Å²) >= 11 is 0. The SMILES string of the molecule is CCS(=O)(=O)N(C)CC(=O)N[C@@H](c1ccccc1C)C1CC1. The molecule has 1 aliphatic carbocycles. The summed E-state index contributed by atoms with van der Waals surface area (Å²) in [6.45, 7) is 3.47. The zero-order chi connectivity index (χ0) is 16.3. The fourth-order valence-electron chi connectivity index (χ4n) is 2.55. The number of rotatable bonds is 7. The van der Waals surface area contributed by atoms with Gasteiger partial charge in [-0.3, -0.25) is 4.79 Å². The summed E-state index contributed by atoms with van der Waals surface area (Å²) in [7, 11) is -1.89. The molecule has 0 unspecified atom stereocenters.